The summed E-state index contributed by atoms with van der Waals surface area (Å²) < 4.78 is 0. The number of rotatable bonds is 4. The average Bonchev–Trinajstić information content (AvgIpc) is 2.40. The number of carboxylic acid groups (broad SMARTS) is 1. The summed E-state index contributed by atoms with van der Waals surface area (Å²) in [7, 11) is 0. The van der Waals surface area contributed by atoms with E-state index in [0.29, 0.717) is 6.42 Å². The van der Waals surface area contributed by atoms with E-state index in [9.17, 15) is 9.90 Å². The minimum atomic E-state index is -0.924. The highest BCUT2D eigenvalue weighted by Crippen LogP contribution is 2.30. The van der Waals surface area contributed by atoms with Crippen molar-refractivity contribution in [3.05, 3.63) is 65.5 Å². The van der Waals surface area contributed by atoms with Crippen LogP contribution in [-0.2, 0) is 16.6 Å². The Bertz CT molecular complexity index is 580. The second-order valence-corrected chi connectivity index (χ2v) is 4.98. The lowest BCUT2D eigenvalue weighted by atomic mass is 9.76. The zero-order valence-corrected chi connectivity index (χ0v) is 11.1. The van der Waals surface area contributed by atoms with Crippen LogP contribution in [-0.4, -0.2) is 16.1 Å². The van der Waals surface area contributed by atoms with Crippen molar-refractivity contribution in [1.82, 2.24) is 4.98 Å². The molecular weight excluding hydrogens is 238 g/mol. The lowest BCUT2D eigenvalue weighted by Crippen LogP contribution is -2.35. The van der Waals surface area contributed by atoms with Crippen LogP contribution in [0.3, 0.4) is 0 Å². The van der Waals surface area contributed by atoms with Gasteiger partial charge in [0.25, 0.3) is 0 Å². The number of carboxylic acids is 1. The molecule has 0 aliphatic carbocycles. The van der Waals surface area contributed by atoms with Crippen LogP contribution in [0.5, 0.6) is 0 Å². The number of aryl methyl sites for hydroxylation is 1. The minimum Gasteiger partial charge on any atom is -0.481 e. The van der Waals surface area contributed by atoms with E-state index in [4.69, 9.17) is 0 Å². The molecule has 0 aliphatic rings. The summed E-state index contributed by atoms with van der Waals surface area (Å²) in [5.41, 5.74) is 1.91. The van der Waals surface area contributed by atoms with Gasteiger partial charge in [0, 0.05) is 12.4 Å². The molecule has 0 fully saturated rings. The van der Waals surface area contributed by atoms with E-state index in [1.807, 2.05) is 43.3 Å². The van der Waals surface area contributed by atoms with Crippen LogP contribution in [0.4, 0.5) is 0 Å². The van der Waals surface area contributed by atoms with Gasteiger partial charge in [0.05, 0.1) is 5.41 Å². The van der Waals surface area contributed by atoms with Gasteiger partial charge in [-0.3, -0.25) is 9.78 Å². The number of carbonyl (C=O) groups is 1. The minimum absolute atomic E-state index is 0.454. The first-order valence-electron chi connectivity index (χ1n) is 6.22. The van der Waals surface area contributed by atoms with Gasteiger partial charge in [-0.05, 0) is 49.1 Å². The monoisotopic (exact) mass is 255 g/mol. The largest absolute Gasteiger partial charge is 0.481 e. The van der Waals surface area contributed by atoms with Crippen molar-refractivity contribution in [3.63, 3.8) is 0 Å². The molecule has 0 radical (unpaired) electrons. The summed E-state index contributed by atoms with van der Waals surface area (Å²) in [5, 5.41) is 9.66. The number of aromatic nitrogens is 1. The topological polar surface area (TPSA) is 50.2 Å². The third kappa shape index (κ3) is 2.65. The summed E-state index contributed by atoms with van der Waals surface area (Å²) in [4.78, 5) is 15.7. The second kappa shape index (κ2) is 5.22. The first-order chi connectivity index (χ1) is 9.04. The molecule has 2 aromatic rings. The van der Waals surface area contributed by atoms with Gasteiger partial charge in [-0.2, -0.15) is 0 Å². The molecule has 1 N–H and O–H groups in total. The summed E-state index contributed by atoms with van der Waals surface area (Å²) in [6.07, 6.45) is 3.83. The van der Waals surface area contributed by atoms with Crippen molar-refractivity contribution in [2.24, 2.45) is 0 Å². The van der Waals surface area contributed by atoms with Gasteiger partial charge in [0.1, 0.15) is 0 Å². The molecule has 0 bridgehead atoms. The van der Waals surface area contributed by atoms with Gasteiger partial charge in [-0.1, -0.05) is 24.3 Å². The Labute approximate surface area is 112 Å². The number of hydrogen-bond acceptors (Lipinski definition) is 2. The molecule has 98 valence electrons. The van der Waals surface area contributed by atoms with Crippen LogP contribution in [0.15, 0.2) is 48.8 Å². The SMILES string of the molecule is Cc1ccccc1C(C)(Cc1ccncc1)C(=O)O. The van der Waals surface area contributed by atoms with E-state index in [1.165, 1.54) is 0 Å². The zero-order chi connectivity index (χ0) is 13.9. The molecule has 0 saturated carbocycles. The van der Waals surface area contributed by atoms with E-state index < -0.39 is 11.4 Å². The molecule has 1 unspecified atom stereocenters. The fourth-order valence-corrected chi connectivity index (χ4v) is 2.39. The highest BCUT2D eigenvalue weighted by atomic mass is 16.4. The Hall–Kier alpha value is -2.16. The number of nitrogens with zero attached hydrogens (tertiary/aromatic N) is 1. The lowest BCUT2D eigenvalue weighted by molar-refractivity contribution is -0.143. The maximum atomic E-state index is 11.8. The molecule has 1 atom stereocenters. The van der Waals surface area contributed by atoms with Crippen molar-refractivity contribution in [1.29, 1.82) is 0 Å². The summed E-state index contributed by atoms with van der Waals surface area (Å²) in [5.74, 6) is -0.807. The first kappa shape index (κ1) is 13.3. The summed E-state index contributed by atoms with van der Waals surface area (Å²) in [6.45, 7) is 3.72. The van der Waals surface area contributed by atoms with E-state index in [-0.39, 0.29) is 0 Å². The molecule has 1 aromatic carbocycles. The van der Waals surface area contributed by atoms with Crippen LogP contribution in [0, 0.1) is 6.92 Å². The van der Waals surface area contributed by atoms with Gasteiger partial charge in [0.2, 0.25) is 0 Å². The van der Waals surface area contributed by atoms with Crippen molar-refractivity contribution < 1.29 is 9.90 Å². The number of pyridine rings is 1. The fraction of sp³-hybridized carbons (Fsp3) is 0.250. The van der Waals surface area contributed by atoms with Crippen LogP contribution in [0.2, 0.25) is 0 Å². The molecule has 1 aromatic heterocycles. The van der Waals surface area contributed by atoms with Gasteiger partial charge in [-0.25, -0.2) is 0 Å². The van der Waals surface area contributed by atoms with Crippen molar-refractivity contribution >= 4 is 5.97 Å². The molecule has 0 amide bonds. The van der Waals surface area contributed by atoms with Crippen molar-refractivity contribution in [2.45, 2.75) is 25.7 Å². The Morgan fingerprint density at radius 2 is 1.84 bits per heavy atom. The molecule has 0 aliphatic heterocycles. The van der Waals surface area contributed by atoms with E-state index in [2.05, 4.69) is 4.98 Å². The molecule has 1 heterocycles. The Morgan fingerprint density at radius 3 is 2.42 bits per heavy atom. The maximum Gasteiger partial charge on any atom is 0.314 e. The van der Waals surface area contributed by atoms with Crippen molar-refractivity contribution in [2.75, 3.05) is 0 Å². The molecule has 3 heteroatoms. The smallest absolute Gasteiger partial charge is 0.314 e. The van der Waals surface area contributed by atoms with Crippen LogP contribution >= 0.6 is 0 Å². The molecule has 19 heavy (non-hydrogen) atoms. The number of aliphatic carboxylic acids is 1. The van der Waals surface area contributed by atoms with E-state index in [0.717, 1.165) is 16.7 Å². The van der Waals surface area contributed by atoms with E-state index >= 15 is 0 Å². The molecule has 0 spiro atoms. The fourth-order valence-electron chi connectivity index (χ4n) is 2.39. The third-order valence-electron chi connectivity index (χ3n) is 3.52. The summed E-state index contributed by atoms with van der Waals surface area (Å²) >= 11 is 0. The van der Waals surface area contributed by atoms with Crippen LogP contribution < -0.4 is 0 Å². The molecule has 0 saturated heterocycles. The van der Waals surface area contributed by atoms with Crippen molar-refractivity contribution in [3.8, 4) is 0 Å². The zero-order valence-electron chi connectivity index (χ0n) is 11.1. The molecule has 2 rings (SSSR count). The normalized spacial score (nSPS) is 13.8. The summed E-state index contributed by atoms with van der Waals surface area (Å²) in [6, 6.07) is 11.4. The second-order valence-electron chi connectivity index (χ2n) is 4.98. The quantitative estimate of drug-likeness (QED) is 0.913. The number of hydrogen-bond donors (Lipinski definition) is 1. The predicted molar refractivity (Wildman–Crippen MR) is 74.1 cm³/mol. The van der Waals surface area contributed by atoms with Crippen LogP contribution in [0.25, 0.3) is 0 Å². The van der Waals surface area contributed by atoms with Gasteiger partial charge in [0.15, 0.2) is 0 Å². The van der Waals surface area contributed by atoms with Gasteiger partial charge in [-0.15, -0.1) is 0 Å². The maximum absolute atomic E-state index is 11.8. The Balaban J connectivity index is 2.45. The third-order valence-corrected chi connectivity index (χ3v) is 3.52. The van der Waals surface area contributed by atoms with E-state index in [1.54, 1.807) is 19.3 Å². The Morgan fingerprint density at radius 1 is 1.21 bits per heavy atom. The Kier molecular flexibility index (Phi) is 3.65. The highest BCUT2D eigenvalue weighted by molar-refractivity contribution is 5.81. The first-order valence-corrected chi connectivity index (χ1v) is 6.22. The van der Waals surface area contributed by atoms with Gasteiger partial charge >= 0.3 is 5.97 Å². The standard InChI is InChI=1S/C16H17NO2/c1-12-5-3-4-6-14(12)16(2,15(18)19)11-13-7-9-17-10-8-13/h3-10H,11H2,1-2H3,(H,18,19). The molecular formula is C16H17NO2. The highest BCUT2D eigenvalue weighted by Gasteiger charge is 2.36. The molecule has 3 nitrogen and oxygen atoms in total. The average molecular weight is 255 g/mol. The number of benzene rings is 1. The van der Waals surface area contributed by atoms with Gasteiger partial charge < -0.3 is 5.11 Å². The predicted octanol–water partition coefficient (Wildman–Crippen LogP) is 2.98. The lowest BCUT2D eigenvalue weighted by Gasteiger charge is -2.27. The van der Waals surface area contributed by atoms with Crippen LogP contribution in [0.1, 0.15) is 23.6 Å².